The Morgan fingerprint density at radius 2 is 1.81 bits per heavy atom. The molecule has 0 saturated carbocycles. The maximum Gasteiger partial charge on any atom is 0.325 e. The zero-order valence-electron chi connectivity index (χ0n) is 12.8. The summed E-state index contributed by atoms with van der Waals surface area (Å²) < 4.78 is 0. The molecule has 0 aromatic heterocycles. The fraction of sp³-hybridized carbons (Fsp3) is 0.786. The van der Waals surface area contributed by atoms with Crippen molar-refractivity contribution in [3.63, 3.8) is 0 Å². The van der Waals surface area contributed by atoms with Crippen LogP contribution in [0, 0.1) is 0 Å². The van der Waals surface area contributed by atoms with E-state index in [0.717, 1.165) is 4.90 Å². The highest BCUT2D eigenvalue weighted by molar-refractivity contribution is 6.06. The summed E-state index contributed by atoms with van der Waals surface area (Å²) in [5, 5.41) is 12.4. The van der Waals surface area contributed by atoms with Gasteiger partial charge in [0.15, 0.2) is 0 Å². The first-order chi connectivity index (χ1) is 9.62. The fourth-order valence-corrected chi connectivity index (χ4v) is 2.62. The van der Waals surface area contributed by atoms with Crippen LogP contribution >= 0.6 is 0 Å². The molecule has 118 valence electrons. The molecule has 0 atom stereocenters. The van der Waals surface area contributed by atoms with E-state index in [4.69, 9.17) is 0 Å². The highest BCUT2D eigenvalue weighted by Gasteiger charge is 2.44. The zero-order chi connectivity index (χ0) is 15.8. The molecule has 2 rings (SSSR count). The van der Waals surface area contributed by atoms with Crippen molar-refractivity contribution < 1.29 is 19.5 Å². The second kappa shape index (κ2) is 5.29. The van der Waals surface area contributed by atoms with E-state index >= 15 is 0 Å². The third-order valence-corrected chi connectivity index (χ3v) is 4.19. The average Bonchev–Trinajstić information content (AvgIpc) is 2.56. The largest absolute Gasteiger partial charge is 0.390 e. The number of nitrogens with zero attached hydrogens (tertiary/aromatic N) is 2. The van der Waals surface area contributed by atoms with E-state index in [1.165, 1.54) is 0 Å². The van der Waals surface area contributed by atoms with E-state index in [0.29, 0.717) is 25.9 Å². The van der Waals surface area contributed by atoms with Crippen LogP contribution < -0.4 is 5.32 Å². The minimum atomic E-state index is -0.899. The van der Waals surface area contributed by atoms with E-state index in [1.807, 2.05) is 0 Å². The second-order valence-electron chi connectivity index (χ2n) is 6.64. The van der Waals surface area contributed by atoms with Gasteiger partial charge in [-0.2, -0.15) is 0 Å². The van der Waals surface area contributed by atoms with E-state index in [9.17, 15) is 19.5 Å². The summed E-state index contributed by atoms with van der Waals surface area (Å²) in [6, 6.07) is -0.445. The maximum absolute atomic E-state index is 12.1. The number of hydrogen-bond donors (Lipinski definition) is 2. The number of urea groups is 1. The number of imide groups is 1. The summed E-state index contributed by atoms with van der Waals surface area (Å²) in [7, 11) is 0. The average molecular weight is 297 g/mol. The van der Waals surface area contributed by atoms with E-state index in [-0.39, 0.29) is 24.8 Å². The molecule has 2 aliphatic rings. The molecule has 21 heavy (non-hydrogen) atoms. The molecule has 2 aliphatic heterocycles. The highest BCUT2D eigenvalue weighted by Crippen LogP contribution is 2.22. The lowest BCUT2D eigenvalue weighted by Crippen LogP contribution is -2.46. The molecule has 2 fully saturated rings. The van der Waals surface area contributed by atoms with Gasteiger partial charge >= 0.3 is 6.03 Å². The zero-order valence-corrected chi connectivity index (χ0v) is 12.8. The van der Waals surface area contributed by atoms with E-state index in [1.54, 1.807) is 25.7 Å². The lowest BCUT2D eigenvalue weighted by atomic mass is 9.94. The lowest BCUT2D eigenvalue weighted by molar-refractivity contribution is -0.136. The number of carbonyl (C=O) groups is 3. The first-order valence-electron chi connectivity index (χ1n) is 7.27. The quantitative estimate of drug-likeness (QED) is 0.722. The van der Waals surface area contributed by atoms with Crippen molar-refractivity contribution in [2.24, 2.45) is 0 Å². The van der Waals surface area contributed by atoms with Gasteiger partial charge in [-0.1, -0.05) is 0 Å². The summed E-state index contributed by atoms with van der Waals surface area (Å²) in [5.41, 5.74) is -1.60. The summed E-state index contributed by atoms with van der Waals surface area (Å²) in [6.45, 7) is 6.17. The van der Waals surface area contributed by atoms with Gasteiger partial charge in [-0.25, -0.2) is 4.79 Å². The van der Waals surface area contributed by atoms with Crippen LogP contribution in [0.4, 0.5) is 4.79 Å². The number of piperidine rings is 1. The molecular weight excluding hydrogens is 274 g/mol. The fourth-order valence-electron chi connectivity index (χ4n) is 2.62. The van der Waals surface area contributed by atoms with Gasteiger partial charge in [0.1, 0.15) is 5.54 Å². The molecule has 0 spiro atoms. The molecule has 0 aromatic carbocycles. The molecular formula is C14H23N3O4. The van der Waals surface area contributed by atoms with Crippen LogP contribution in [-0.4, -0.2) is 63.5 Å². The standard InChI is InChI=1S/C14H23N3O4/c1-13(2)11(19)17(12(20)15-13)7-4-10(18)16-8-5-14(3,21)6-9-16/h21H,4-9H2,1-3H3,(H,15,20). The van der Waals surface area contributed by atoms with Crippen LogP contribution in [0.5, 0.6) is 0 Å². The summed E-state index contributed by atoms with van der Waals surface area (Å²) >= 11 is 0. The summed E-state index contributed by atoms with van der Waals surface area (Å²) in [4.78, 5) is 38.6. The lowest BCUT2D eigenvalue weighted by Gasteiger charge is -2.36. The van der Waals surface area contributed by atoms with Crippen molar-refractivity contribution in [3.8, 4) is 0 Å². The van der Waals surface area contributed by atoms with Gasteiger partial charge < -0.3 is 15.3 Å². The molecule has 4 amide bonds. The van der Waals surface area contributed by atoms with Crippen molar-refractivity contribution in [3.05, 3.63) is 0 Å². The van der Waals surface area contributed by atoms with Gasteiger partial charge in [-0.15, -0.1) is 0 Å². The molecule has 0 unspecified atom stereocenters. The number of nitrogens with one attached hydrogen (secondary N) is 1. The maximum atomic E-state index is 12.1. The smallest absolute Gasteiger partial charge is 0.325 e. The Balaban J connectivity index is 1.85. The Labute approximate surface area is 124 Å². The Bertz CT molecular complexity index is 463. The van der Waals surface area contributed by atoms with Crippen LogP contribution in [0.3, 0.4) is 0 Å². The molecule has 2 N–H and O–H groups in total. The molecule has 2 heterocycles. The number of rotatable bonds is 3. The normalized spacial score (nSPS) is 24.2. The van der Waals surface area contributed by atoms with Crippen molar-refractivity contribution in [2.75, 3.05) is 19.6 Å². The van der Waals surface area contributed by atoms with Gasteiger partial charge in [0.2, 0.25) is 5.91 Å². The van der Waals surface area contributed by atoms with Crippen LogP contribution in [-0.2, 0) is 9.59 Å². The third kappa shape index (κ3) is 3.34. The molecule has 0 aromatic rings. The Morgan fingerprint density at radius 3 is 2.29 bits per heavy atom. The van der Waals surface area contributed by atoms with Gasteiger partial charge in [-0.3, -0.25) is 14.5 Å². The third-order valence-electron chi connectivity index (χ3n) is 4.19. The van der Waals surface area contributed by atoms with Crippen molar-refractivity contribution in [1.29, 1.82) is 0 Å². The molecule has 0 bridgehead atoms. The van der Waals surface area contributed by atoms with Crippen LogP contribution in [0.25, 0.3) is 0 Å². The Hall–Kier alpha value is -1.63. The number of likely N-dealkylation sites (tertiary alicyclic amines) is 1. The first-order valence-corrected chi connectivity index (χ1v) is 7.27. The summed E-state index contributed by atoms with van der Waals surface area (Å²) in [5.74, 6) is -0.391. The van der Waals surface area contributed by atoms with Crippen molar-refractivity contribution in [1.82, 2.24) is 15.1 Å². The monoisotopic (exact) mass is 297 g/mol. The Morgan fingerprint density at radius 1 is 1.24 bits per heavy atom. The predicted octanol–water partition coefficient (Wildman–Crippen LogP) is 0.0803. The van der Waals surface area contributed by atoms with E-state index in [2.05, 4.69) is 5.32 Å². The Kier molecular flexibility index (Phi) is 3.97. The first kappa shape index (κ1) is 15.8. The van der Waals surface area contributed by atoms with Crippen molar-refractivity contribution >= 4 is 17.8 Å². The SMILES string of the molecule is CC1(O)CCN(C(=O)CCN2C(=O)NC(C)(C)C2=O)CC1. The van der Waals surface area contributed by atoms with Gasteiger partial charge in [0, 0.05) is 26.1 Å². The predicted molar refractivity (Wildman–Crippen MR) is 75.4 cm³/mol. The molecule has 7 heteroatoms. The van der Waals surface area contributed by atoms with Crippen LogP contribution in [0.1, 0.15) is 40.0 Å². The number of amides is 4. The minimum Gasteiger partial charge on any atom is -0.390 e. The molecule has 7 nitrogen and oxygen atoms in total. The van der Waals surface area contributed by atoms with Crippen LogP contribution in [0.2, 0.25) is 0 Å². The van der Waals surface area contributed by atoms with E-state index < -0.39 is 17.2 Å². The highest BCUT2D eigenvalue weighted by atomic mass is 16.3. The second-order valence-corrected chi connectivity index (χ2v) is 6.64. The number of hydrogen-bond acceptors (Lipinski definition) is 4. The summed E-state index contributed by atoms with van der Waals surface area (Å²) in [6.07, 6.45) is 1.22. The van der Waals surface area contributed by atoms with Gasteiger partial charge in [0.25, 0.3) is 5.91 Å². The molecule has 0 aliphatic carbocycles. The van der Waals surface area contributed by atoms with Gasteiger partial charge in [0.05, 0.1) is 5.60 Å². The van der Waals surface area contributed by atoms with Crippen LogP contribution in [0.15, 0.2) is 0 Å². The minimum absolute atomic E-state index is 0.0872. The topological polar surface area (TPSA) is 89.9 Å². The van der Waals surface area contributed by atoms with Crippen molar-refractivity contribution in [2.45, 2.75) is 51.2 Å². The number of aliphatic hydroxyl groups is 1. The van der Waals surface area contributed by atoms with Gasteiger partial charge in [-0.05, 0) is 33.6 Å². The molecule has 0 radical (unpaired) electrons. The number of carbonyl (C=O) groups excluding carboxylic acids is 3. The molecule has 2 saturated heterocycles.